The van der Waals surface area contributed by atoms with Crippen LogP contribution in [0.4, 0.5) is 5.69 Å². The lowest BCUT2D eigenvalue weighted by Crippen LogP contribution is -2.04. The fourth-order valence-electron chi connectivity index (χ4n) is 1.41. The van der Waals surface area contributed by atoms with Crippen molar-refractivity contribution >= 4 is 5.69 Å². The van der Waals surface area contributed by atoms with Gasteiger partial charge in [-0.1, -0.05) is 6.07 Å². The zero-order valence-electron chi connectivity index (χ0n) is 8.80. The van der Waals surface area contributed by atoms with Gasteiger partial charge < -0.3 is 10.4 Å². The first kappa shape index (κ1) is 10.6. The van der Waals surface area contributed by atoms with Crippen LogP contribution in [0.2, 0.25) is 0 Å². The lowest BCUT2D eigenvalue weighted by molar-refractivity contribution is 0.282. The monoisotopic (exact) mass is 215 g/mol. The van der Waals surface area contributed by atoms with Gasteiger partial charge in [0.05, 0.1) is 30.7 Å². The molecule has 0 saturated carbocycles. The number of hydrogen-bond donors (Lipinski definition) is 2. The summed E-state index contributed by atoms with van der Waals surface area (Å²) in [5.74, 6) is 0. The number of nitrogens with one attached hydrogen (secondary N) is 1. The zero-order valence-corrected chi connectivity index (χ0v) is 8.80. The Morgan fingerprint density at radius 1 is 1.19 bits per heavy atom. The van der Waals surface area contributed by atoms with Crippen molar-refractivity contribution in [1.29, 1.82) is 0 Å². The second-order valence-electron chi connectivity index (χ2n) is 3.37. The van der Waals surface area contributed by atoms with Gasteiger partial charge in [-0.15, -0.1) is 0 Å². The van der Waals surface area contributed by atoms with E-state index in [4.69, 9.17) is 5.11 Å². The number of nitrogens with zero attached hydrogens (tertiary/aromatic N) is 2. The number of aromatic nitrogens is 2. The molecule has 2 N–H and O–H groups in total. The van der Waals surface area contributed by atoms with Gasteiger partial charge in [-0.3, -0.25) is 9.97 Å². The van der Waals surface area contributed by atoms with Crippen molar-refractivity contribution in [3.63, 3.8) is 0 Å². The predicted octanol–water partition coefficient (Wildman–Crippen LogP) is 1.58. The van der Waals surface area contributed by atoms with Gasteiger partial charge in [-0.2, -0.15) is 0 Å². The molecular formula is C12H13N3O. The van der Waals surface area contributed by atoms with E-state index in [0.29, 0.717) is 6.54 Å². The van der Waals surface area contributed by atoms with E-state index in [1.54, 1.807) is 24.7 Å². The average Bonchev–Trinajstić information content (AvgIpc) is 2.38. The van der Waals surface area contributed by atoms with Gasteiger partial charge in [0.25, 0.3) is 0 Å². The molecule has 0 spiro atoms. The first-order chi connectivity index (χ1) is 7.90. The van der Waals surface area contributed by atoms with Crippen LogP contribution in [0.1, 0.15) is 11.3 Å². The van der Waals surface area contributed by atoms with Crippen LogP contribution >= 0.6 is 0 Å². The number of hydrogen-bond acceptors (Lipinski definition) is 4. The van der Waals surface area contributed by atoms with Crippen molar-refractivity contribution in [2.75, 3.05) is 5.32 Å². The van der Waals surface area contributed by atoms with E-state index >= 15 is 0 Å². The largest absolute Gasteiger partial charge is 0.392 e. The third kappa shape index (κ3) is 2.55. The molecule has 2 aromatic rings. The molecule has 0 saturated heterocycles. The van der Waals surface area contributed by atoms with Gasteiger partial charge in [0, 0.05) is 18.0 Å². The predicted molar refractivity (Wildman–Crippen MR) is 61.7 cm³/mol. The molecule has 2 heterocycles. The molecule has 0 fully saturated rings. The van der Waals surface area contributed by atoms with E-state index in [2.05, 4.69) is 15.3 Å². The maximum absolute atomic E-state index is 9.13. The van der Waals surface area contributed by atoms with Crippen LogP contribution in [0.25, 0.3) is 0 Å². The normalized spacial score (nSPS) is 10.1. The molecule has 4 heteroatoms. The number of aliphatic hydroxyl groups excluding tert-OH is 1. The molecule has 82 valence electrons. The topological polar surface area (TPSA) is 58.0 Å². The molecule has 0 unspecified atom stereocenters. The number of anilines is 1. The van der Waals surface area contributed by atoms with Crippen molar-refractivity contribution in [3.8, 4) is 0 Å². The summed E-state index contributed by atoms with van der Waals surface area (Å²) in [6.07, 6.45) is 5.12. The average molecular weight is 215 g/mol. The lowest BCUT2D eigenvalue weighted by atomic mass is 10.2. The molecule has 16 heavy (non-hydrogen) atoms. The summed E-state index contributed by atoms with van der Waals surface area (Å²) < 4.78 is 0. The van der Waals surface area contributed by atoms with Gasteiger partial charge in [-0.25, -0.2) is 0 Å². The molecule has 2 aromatic heterocycles. The van der Waals surface area contributed by atoms with E-state index in [9.17, 15) is 0 Å². The summed E-state index contributed by atoms with van der Waals surface area (Å²) in [7, 11) is 0. The molecule has 0 aliphatic heterocycles. The first-order valence-electron chi connectivity index (χ1n) is 5.07. The van der Waals surface area contributed by atoms with E-state index in [1.807, 2.05) is 18.2 Å². The molecule has 0 atom stereocenters. The minimum Gasteiger partial charge on any atom is -0.392 e. The van der Waals surface area contributed by atoms with Gasteiger partial charge in [0.2, 0.25) is 0 Å². The van der Waals surface area contributed by atoms with E-state index in [1.165, 1.54) is 0 Å². The summed E-state index contributed by atoms with van der Waals surface area (Å²) in [6, 6.07) is 7.57. The summed E-state index contributed by atoms with van der Waals surface area (Å²) in [4.78, 5) is 8.22. The molecule has 0 aromatic carbocycles. The van der Waals surface area contributed by atoms with E-state index in [0.717, 1.165) is 16.9 Å². The fraction of sp³-hybridized carbons (Fsp3) is 0.167. The van der Waals surface area contributed by atoms with Crippen LogP contribution in [0.3, 0.4) is 0 Å². The van der Waals surface area contributed by atoms with Crippen molar-refractivity contribution in [2.45, 2.75) is 13.2 Å². The summed E-state index contributed by atoms with van der Waals surface area (Å²) in [5, 5.41) is 12.3. The second kappa shape index (κ2) is 5.23. The molecule has 0 radical (unpaired) electrons. The fourth-order valence-corrected chi connectivity index (χ4v) is 1.41. The zero-order chi connectivity index (χ0) is 11.2. The highest BCUT2D eigenvalue weighted by Crippen LogP contribution is 2.13. The Morgan fingerprint density at radius 2 is 2.12 bits per heavy atom. The van der Waals surface area contributed by atoms with Crippen LogP contribution in [-0.4, -0.2) is 15.1 Å². The molecule has 0 aliphatic rings. The summed E-state index contributed by atoms with van der Waals surface area (Å²) in [6.45, 7) is 0.632. The second-order valence-corrected chi connectivity index (χ2v) is 3.37. The molecular weight excluding hydrogens is 202 g/mol. The maximum Gasteiger partial charge on any atom is 0.0703 e. The Labute approximate surface area is 94.0 Å². The SMILES string of the molecule is OCc1ccncc1NCc1ccccn1. The van der Waals surface area contributed by atoms with Crippen LogP contribution in [0, 0.1) is 0 Å². The van der Waals surface area contributed by atoms with Crippen LogP contribution in [-0.2, 0) is 13.2 Å². The van der Waals surface area contributed by atoms with E-state index in [-0.39, 0.29) is 6.61 Å². The van der Waals surface area contributed by atoms with Crippen LogP contribution < -0.4 is 5.32 Å². The highest BCUT2D eigenvalue weighted by Gasteiger charge is 2.00. The van der Waals surface area contributed by atoms with Crippen molar-refractivity contribution < 1.29 is 5.11 Å². The maximum atomic E-state index is 9.13. The Balaban J connectivity index is 2.05. The van der Waals surface area contributed by atoms with Crippen molar-refractivity contribution in [3.05, 3.63) is 54.1 Å². The highest BCUT2D eigenvalue weighted by atomic mass is 16.3. The Morgan fingerprint density at radius 3 is 2.88 bits per heavy atom. The molecule has 0 amide bonds. The van der Waals surface area contributed by atoms with Crippen LogP contribution in [0.15, 0.2) is 42.9 Å². The van der Waals surface area contributed by atoms with Gasteiger partial charge in [0.15, 0.2) is 0 Å². The van der Waals surface area contributed by atoms with Crippen molar-refractivity contribution in [2.24, 2.45) is 0 Å². The smallest absolute Gasteiger partial charge is 0.0703 e. The molecule has 2 rings (SSSR count). The van der Waals surface area contributed by atoms with Gasteiger partial charge in [-0.05, 0) is 18.2 Å². The molecule has 4 nitrogen and oxygen atoms in total. The number of aliphatic hydroxyl groups is 1. The van der Waals surface area contributed by atoms with Gasteiger partial charge in [0.1, 0.15) is 0 Å². The summed E-state index contributed by atoms with van der Waals surface area (Å²) in [5.41, 5.74) is 2.64. The molecule has 0 aliphatic carbocycles. The minimum atomic E-state index is 0.00702. The quantitative estimate of drug-likeness (QED) is 0.813. The third-order valence-electron chi connectivity index (χ3n) is 2.27. The number of rotatable bonds is 4. The first-order valence-corrected chi connectivity index (χ1v) is 5.07. The standard InChI is InChI=1S/C12H13N3O/c16-9-10-4-6-13-8-12(10)15-7-11-3-1-2-5-14-11/h1-6,8,15-16H,7,9H2. The van der Waals surface area contributed by atoms with Crippen molar-refractivity contribution in [1.82, 2.24) is 9.97 Å². The van der Waals surface area contributed by atoms with Crippen LogP contribution in [0.5, 0.6) is 0 Å². The lowest BCUT2D eigenvalue weighted by Gasteiger charge is -2.08. The minimum absolute atomic E-state index is 0.00702. The Hall–Kier alpha value is -1.94. The van der Waals surface area contributed by atoms with E-state index < -0.39 is 0 Å². The number of pyridine rings is 2. The molecule has 0 bridgehead atoms. The van der Waals surface area contributed by atoms with Gasteiger partial charge >= 0.3 is 0 Å². The highest BCUT2D eigenvalue weighted by molar-refractivity contribution is 5.48. The Kier molecular flexibility index (Phi) is 3.46. The Bertz CT molecular complexity index is 445. The summed E-state index contributed by atoms with van der Waals surface area (Å²) >= 11 is 0. The third-order valence-corrected chi connectivity index (χ3v) is 2.27.